The largest absolute Gasteiger partial charge is 0.344 e. The van der Waals surface area contributed by atoms with Crippen LogP contribution in [0.15, 0.2) is 18.5 Å². The lowest BCUT2D eigenvalue weighted by molar-refractivity contribution is -0.384. The van der Waals surface area contributed by atoms with Crippen molar-refractivity contribution < 1.29 is 9.72 Å². The highest BCUT2D eigenvalue weighted by Crippen LogP contribution is 2.22. The molecule has 0 aliphatic heterocycles. The van der Waals surface area contributed by atoms with Crippen LogP contribution in [0.4, 0.5) is 5.69 Å². The SMILES string of the molecule is CC(=O)c1cc([N+](=O)[O-])cc2[nH]cnc12. The smallest absolute Gasteiger partial charge is 0.272 e. The molecule has 0 aliphatic rings. The fraction of sp³-hybridized carbons (Fsp3) is 0.111. The molecular weight excluding hydrogens is 198 g/mol. The molecule has 2 aromatic rings. The van der Waals surface area contributed by atoms with E-state index in [1.807, 2.05) is 0 Å². The van der Waals surface area contributed by atoms with Gasteiger partial charge in [0.15, 0.2) is 5.78 Å². The summed E-state index contributed by atoms with van der Waals surface area (Å²) in [6.45, 7) is 1.35. The van der Waals surface area contributed by atoms with Gasteiger partial charge in [-0.05, 0) is 6.92 Å². The van der Waals surface area contributed by atoms with E-state index in [1.54, 1.807) is 0 Å². The molecule has 0 unspecified atom stereocenters. The Hall–Kier alpha value is -2.24. The third-order valence-corrected chi connectivity index (χ3v) is 2.10. The van der Waals surface area contributed by atoms with Crippen molar-refractivity contribution in [1.29, 1.82) is 0 Å². The number of carbonyl (C=O) groups is 1. The summed E-state index contributed by atoms with van der Waals surface area (Å²) in [5, 5.41) is 10.6. The summed E-state index contributed by atoms with van der Waals surface area (Å²) in [6.07, 6.45) is 1.40. The summed E-state index contributed by atoms with van der Waals surface area (Å²) >= 11 is 0. The molecule has 0 saturated heterocycles. The zero-order chi connectivity index (χ0) is 11.0. The van der Waals surface area contributed by atoms with Crippen molar-refractivity contribution in [3.63, 3.8) is 0 Å². The van der Waals surface area contributed by atoms with Gasteiger partial charge in [-0.1, -0.05) is 0 Å². The maximum atomic E-state index is 11.3. The van der Waals surface area contributed by atoms with Crippen molar-refractivity contribution in [3.8, 4) is 0 Å². The van der Waals surface area contributed by atoms with Crippen molar-refractivity contribution in [2.45, 2.75) is 6.92 Å². The van der Waals surface area contributed by atoms with E-state index in [4.69, 9.17) is 0 Å². The van der Waals surface area contributed by atoms with Crippen molar-refractivity contribution in [1.82, 2.24) is 9.97 Å². The zero-order valence-electron chi connectivity index (χ0n) is 7.85. The number of hydrogen-bond acceptors (Lipinski definition) is 4. The number of nitrogens with one attached hydrogen (secondary N) is 1. The van der Waals surface area contributed by atoms with E-state index >= 15 is 0 Å². The molecule has 0 amide bonds. The van der Waals surface area contributed by atoms with E-state index in [-0.39, 0.29) is 17.0 Å². The number of ketones is 1. The lowest BCUT2D eigenvalue weighted by Gasteiger charge is -1.97. The Morgan fingerprint density at radius 3 is 2.87 bits per heavy atom. The molecule has 0 fully saturated rings. The molecular formula is C9H7N3O3. The number of aromatic amines is 1. The number of rotatable bonds is 2. The van der Waals surface area contributed by atoms with Crippen LogP contribution >= 0.6 is 0 Å². The second-order valence-electron chi connectivity index (χ2n) is 3.11. The molecule has 0 aliphatic carbocycles. The molecule has 0 saturated carbocycles. The van der Waals surface area contributed by atoms with Crippen LogP contribution in [0, 0.1) is 10.1 Å². The summed E-state index contributed by atoms with van der Waals surface area (Å²) < 4.78 is 0. The van der Waals surface area contributed by atoms with E-state index < -0.39 is 4.92 Å². The van der Waals surface area contributed by atoms with Gasteiger partial charge in [-0.3, -0.25) is 14.9 Å². The predicted molar refractivity (Wildman–Crippen MR) is 52.8 cm³/mol. The number of benzene rings is 1. The van der Waals surface area contributed by atoms with E-state index in [0.29, 0.717) is 11.0 Å². The van der Waals surface area contributed by atoms with Gasteiger partial charge in [0, 0.05) is 12.1 Å². The standard InChI is InChI=1S/C9H7N3O3/c1-5(13)7-2-6(12(14)15)3-8-9(7)11-4-10-8/h2-4H,1H3,(H,10,11). The third-order valence-electron chi connectivity index (χ3n) is 2.10. The lowest BCUT2D eigenvalue weighted by Crippen LogP contribution is -1.97. The molecule has 1 N–H and O–H groups in total. The van der Waals surface area contributed by atoms with Crippen LogP contribution < -0.4 is 0 Å². The summed E-state index contributed by atoms with van der Waals surface area (Å²) in [5.41, 5.74) is 1.11. The number of nitro groups is 1. The molecule has 1 aromatic heterocycles. The molecule has 1 heterocycles. The monoisotopic (exact) mass is 205 g/mol. The van der Waals surface area contributed by atoms with E-state index in [9.17, 15) is 14.9 Å². The summed E-state index contributed by atoms with van der Waals surface area (Å²) in [7, 11) is 0. The van der Waals surface area contributed by atoms with Crippen LogP contribution in [0.1, 0.15) is 17.3 Å². The predicted octanol–water partition coefficient (Wildman–Crippen LogP) is 1.67. The van der Waals surface area contributed by atoms with Crippen LogP contribution in [-0.2, 0) is 0 Å². The molecule has 0 radical (unpaired) electrons. The fourth-order valence-electron chi connectivity index (χ4n) is 1.41. The summed E-state index contributed by atoms with van der Waals surface area (Å²) in [5.74, 6) is -0.240. The first-order valence-corrected chi connectivity index (χ1v) is 4.22. The van der Waals surface area contributed by atoms with Gasteiger partial charge in [-0.25, -0.2) is 4.98 Å². The molecule has 76 valence electrons. The average molecular weight is 205 g/mol. The molecule has 1 aromatic carbocycles. The highest BCUT2D eigenvalue weighted by molar-refractivity contribution is 6.05. The number of aromatic nitrogens is 2. The average Bonchev–Trinajstić information content (AvgIpc) is 2.62. The Morgan fingerprint density at radius 1 is 1.53 bits per heavy atom. The number of nitro benzene ring substituents is 1. The number of hydrogen-bond donors (Lipinski definition) is 1. The molecule has 6 nitrogen and oxygen atoms in total. The highest BCUT2D eigenvalue weighted by Gasteiger charge is 2.15. The van der Waals surface area contributed by atoms with Gasteiger partial charge in [-0.2, -0.15) is 0 Å². The van der Waals surface area contributed by atoms with Crippen LogP contribution in [0.25, 0.3) is 11.0 Å². The van der Waals surface area contributed by atoms with Crippen molar-refractivity contribution >= 4 is 22.5 Å². The van der Waals surface area contributed by atoms with Gasteiger partial charge in [0.25, 0.3) is 5.69 Å². The topological polar surface area (TPSA) is 88.9 Å². The second kappa shape index (κ2) is 3.16. The van der Waals surface area contributed by atoms with Crippen molar-refractivity contribution in [3.05, 3.63) is 34.1 Å². The Balaban J connectivity index is 2.80. The number of carbonyl (C=O) groups excluding carboxylic acids is 1. The number of imidazole rings is 1. The third kappa shape index (κ3) is 1.45. The molecule has 15 heavy (non-hydrogen) atoms. The quantitative estimate of drug-likeness (QED) is 0.458. The van der Waals surface area contributed by atoms with E-state index in [0.717, 1.165) is 0 Å². The van der Waals surface area contributed by atoms with Gasteiger partial charge in [-0.15, -0.1) is 0 Å². The normalized spacial score (nSPS) is 10.5. The van der Waals surface area contributed by atoms with Crippen molar-refractivity contribution in [2.24, 2.45) is 0 Å². The zero-order valence-corrected chi connectivity index (χ0v) is 7.85. The van der Waals surface area contributed by atoms with Gasteiger partial charge < -0.3 is 4.98 Å². The summed E-state index contributed by atoms with van der Waals surface area (Å²) in [6, 6.07) is 2.60. The minimum atomic E-state index is -0.535. The van der Waals surface area contributed by atoms with Gasteiger partial charge >= 0.3 is 0 Å². The Labute approximate surface area is 84.1 Å². The maximum absolute atomic E-state index is 11.3. The number of nitrogens with zero attached hydrogens (tertiary/aromatic N) is 2. The first kappa shape index (κ1) is 9.32. The molecule has 0 atom stereocenters. The molecule has 0 bridgehead atoms. The number of non-ortho nitro benzene ring substituents is 1. The van der Waals surface area contributed by atoms with Gasteiger partial charge in [0.1, 0.15) is 0 Å². The van der Waals surface area contributed by atoms with Crippen molar-refractivity contribution in [2.75, 3.05) is 0 Å². The Bertz CT molecular complexity index is 559. The van der Waals surface area contributed by atoms with Crippen LogP contribution in [0.3, 0.4) is 0 Å². The Kier molecular flexibility index (Phi) is 1.96. The first-order valence-electron chi connectivity index (χ1n) is 4.22. The fourth-order valence-corrected chi connectivity index (χ4v) is 1.41. The Morgan fingerprint density at radius 2 is 2.27 bits per heavy atom. The van der Waals surface area contributed by atoms with Crippen LogP contribution in [0.2, 0.25) is 0 Å². The number of fused-ring (bicyclic) bond motifs is 1. The lowest BCUT2D eigenvalue weighted by atomic mass is 10.1. The molecule has 0 spiro atoms. The molecule has 2 rings (SSSR count). The highest BCUT2D eigenvalue weighted by atomic mass is 16.6. The van der Waals surface area contributed by atoms with E-state index in [1.165, 1.54) is 25.4 Å². The number of Topliss-reactive ketones (excluding diaryl/α,β-unsaturated/α-hetero) is 1. The van der Waals surface area contributed by atoms with Crippen LogP contribution in [0.5, 0.6) is 0 Å². The second-order valence-corrected chi connectivity index (χ2v) is 3.11. The van der Waals surface area contributed by atoms with Gasteiger partial charge in [0.05, 0.1) is 27.8 Å². The summed E-state index contributed by atoms with van der Waals surface area (Å²) in [4.78, 5) is 28.0. The number of H-pyrrole nitrogens is 1. The minimum absolute atomic E-state index is 0.114. The first-order chi connectivity index (χ1) is 7.09. The van der Waals surface area contributed by atoms with E-state index in [2.05, 4.69) is 9.97 Å². The molecule has 6 heteroatoms. The minimum Gasteiger partial charge on any atom is -0.344 e. The maximum Gasteiger partial charge on any atom is 0.272 e. The van der Waals surface area contributed by atoms with Crippen LogP contribution in [-0.4, -0.2) is 20.7 Å². The van der Waals surface area contributed by atoms with Gasteiger partial charge in [0.2, 0.25) is 0 Å².